The Morgan fingerprint density at radius 1 is 0.838 bits per heavy atom. The van der Waals surface area contributed by atoms with Gasteiger partial charge in [-0.1, -0.05) is 70.9 Å². The normalized spacial score (nSPS) is 29.5. The molecule has 0 amide bonds. The molecule has 2 aliphatic rings. The Morgan fingerprint density at radius 2 is 1.30 bits per heavy atom. The summed E-state index contributed by atoms with van der Waals surface area (Å²) >= 11 is 6.00. The number of aliphatic imine (C=N–C) groups is 2. The molecule has 1 aromatic carbocycles. The standard InChI is InChI=1S/C30H50N2OSi.2BrH.Ni/c1-22-14-11-15-23(2)28(22)31-27(20-13-21-33-34(5,6)7)30(26-18-9-8-10-19-26)32-29-24(3)16-12-17-25(29)4;;;/h8-10,18-19,22-25,28-29H,11-17,20-21H2,1-7H3;2*1H;/q;;;+2/p-2. The van der Waals surface area contributed by atoms with E-state index in [2.05, 4.69) is 106 Å². The van der Waals surface area contributed by atoms with Crippen LogP contribution in [0.4, 0.5) is 0 Å². The van der Waals surface area contributed by atoms with Crippen molar-refractivity contribution in [1.29, 1.82) is 0 Å². The maximum absolute atomic E-state index is 6.23. The number of benzene rings is 1. The van der Waals surface area contributed by atoms with Gasteiger partial charge in [-0.3, -0.25) is 9.98 Å². The van der Waals surface area contributed by atoms with Gasteiger partial charge in [0.25, 0.3) is 0 Å². The van der Waals surface area contributed by atoms with Crippen LogP contribution in [-0.4, -0.2) is 38.4 Å². The molecule has 2 aliphatic carbocycles. The number of hydrogen-bond acceptors (Lipinski definition) is 3. The van der Waals surface area contributed by atoms with Crippen LogP contribution in [-0.2, 0) is 15.3 Å². The van der Waals surface area contributed by atoms with Crippen LogP contribution in [0.3, 0.4) is 0 Å². The Hall–Kier alpha value is 0.190. The fraction of sp³-hybridized carbons (Fsp3) is 0.733. The van der Waals surface area contributed by atoms with Crippen molar-refractivity contribution in [1.82, 2.24) is 0 Å². The van der Waals surface area contributed by atoms with Gasteiger partial charge in [-0.05, 0) is 81.8 Å². The molecule has 0 N–H and O–H groups in total. The van der Waals surface area contributed by atoms with Gasteiger partial charge >= 0.3 is 39.3 Å². The van der Waals surface area contributed by atoms with E-state index in [1.165, 1.54) is 60.7 Å². The van der Waals surface area contributed by atoms with Crippen LogP contribution >= 0.6 is 28.5 Å². The van der Waals surface area contributed by atoms with E-state index in [-0.39, 0.29) is 0 Å². The molecular weight excluding hydrogens is 651 g/mol. The number of nitrogens with zero attached hydrogens (tertiary/aromatic N) is 2. The van der Waals surface area contributed by atoms with Crippen LogP contribution in [0, 0.1) is 23.7 Å². The molecule has 2 saturated carbocycles. The van der Waals surface area contributed by atoms with E-state index < -0.39 is 8.32 Å². The zero-order chi connectivity index (χ0) is 27.4. The van der Waals surface area contributed by atoms with Crippen LogP contribution in [0.2, 0.25) is 19.6 Å². The molecule has 214 valence electrons. The van der Waals surface area contributed by atoms with Crippen molar-refractivity contribution in [3.63, 3.8) is 0 Å². The first-order valence-electron chi connectivity index (χ1n) is 14.2. The first kappa shape index (κ1) is 33.4. The van der Waals surface area contributed by atoms with Crippen molar-refractivity contribution in [2.75, 3.05) is 6.61 Å². The van der Waals surface area contributed by atoms with Gasteiger partial charge in [-0.2, -0.15) is 0 Å². The van der Waals surface area contributed by atoms with Crippen LogP contribution in [0.15, 0.2) is 40.3 Å². The predicted molar refractivity (Wildman–Crippen MR) is 169 cm³/mol. The monoisotopic (exact) mass is 698 g/mol. The predicted octanol–water partition coefficient (Wildman–Crippen LogP) is 9.89. The molecule has 3 rings (SSSR count). The molecule has 0 aliphatic heterocycles. The summed E-state index contributed by atoms with van der Waals surface area (Å²) in [5, 5.41) is 0. The number of hydrogen-bond donors (Lipinski definition) is 0. The van der Waals surface area contributed by atoms with E-state index in [9.17, 15) is 0 Å². The summed E-state index contributed by atoms with van der Waals surface area (Å²) in [6, 6.07) is 11.7. The topological polar surface area (TPSA) is 34.0 Å². The molecular formula is C30H50Br2N2NiOSi. The quantitative estimate of drug-likeness (QED) is 0.143. The summed E-state index contributed by atoms with van der Waals surface area (Å²) in [4.78, 5) is 11.1. The molecule has 0 radical (unpaired) electrons. The van der Waals surface area contributed by atoms with Crippen molar-refractivity contribution >= 4 is 48.2 Å². The molecule has 4 unspecified atom stereocenters. The first-order valence-corrected chi connectivity index (χ1v) is 22.5. The average molecular weight is 701 g/mol. The van der Waals surface area contributed by atoms with E-state index >= 15 is 0 Å². The van der Waals surface area contributed by atoms with Gasteiger partial charge in [0, 0.05) is 12.2 Å². The van der Waals surface area contributed by atoms with Gasteiger partial charge in [0.15, 0.2) is 8.32 Å². The zero-order valence-corrected chi connectivity index (χ0v) is 29.2. The Labute approximate surface area is 249 Å². The van der Waals surface area contributed by atoms with Gasteiger partial charge in [-0.15, -0.1) is 0 Å². The van der Waals surface area contributed by atoms with Gasteiger partial charge in [-0.25, -0.2) is 0 Å². The molecule has 0 spiro atoms. The molecule has 3 nitrogen and oxygen atoms in total. The molecule has 0 saturated heterocycles. The second kappa shape index (κ2) is 17.1. The Kier molecular flexibility index (Phi) is 15.4. The Bertz CT molecular complexity index is 826. The fourth-order valence-electron chi connectivity index (χ4n) is 5.94. The molecule has 0 heterocycles. The summed E-state index contributed by atoms with van der Waals surface area (Å²) in [7, 11) is -0.258. The van der Waals surface area contributed by atoms with Crippen molar-refractivity contribution in [3.05, 3.63) is 35.9 Å². The summed E-state index contributed by atoms with van der Waals surface area (Å²) in [6.45, 7) is 17.2. The summed E-state index contributed by atoms with van der Waals surface area (Å²) in [5.74, 6) is 2.54. The van der Waals surface area contributed by atoms with E-state index in [0.717, 1.165) is 25.2 Å². The molecule has 7 heteroatoms. The Balaban J connectivity index is 0.00000153. The minimum absolute atomic E-state index is 0.383. The molecule has 2 fully saturated rings. The third-order valence-corrected chi connectivity index (χ3v) is 9.04. The summed E-state index contributed by atoms with van der Waals surface area (Å²) in [5.41, 5.74) is 3.61. The van der Waals surface area contributed by atoms with Crippen molar-refractivity contribution in [2.45, 2.75) is 111 Å². The van der Waals surface area contributed by atoms with Gasteiger partial charge in [0.1, 0.15) is 0 Å². The minimum atomic E-state index is -1.51. The fourth-order valence-corrected chi connectivity index (χ4v) is 6.70. The molecule has 1 aromatic rings. The Morgan fingerprint density at radius 3 is 1.76 bits per heavy atom. The van der Waals surface area contributed by atoms with E-state index in [1.807, 2.05) is 0 Å². The maximum atomic E-state index is 6.23. The first-order chi connectivity index (χ1) is 17.6. The van der Waals surface area contributed by atoms with Crippen LogP contribution < -0.4 is 0 Å². The van der Waals surface area contributed by atoms with Crippen LogP contribution in [0.5, 0.6) is 0 Å². The third kappa shape index (κ3) is 11.7. The molecule has 0 bridgehead atoms. The molecule has 4 atom stereocenters. The zero-order valence-electron chi connectivity index (χ0n) is 24.1. The average Bonchev–Trinajstić information content (AvgIpc) is 2.83. The summed E-state index contributed by atoms with van der Waals surface area (Å²) < 4.78 is 6.23. The van der Waals surface area contributed by atoms with Crippen molar-refractivity contribution in [3.8, 4) is 0 Å². The number of halogens is 2. The second-order valence-corrected chi connectivity index (χ2v) is 21.8. The third-order valence-electron chi connectivity index (χ3n) is 7.97. The second-order valence-electron chi connectivity index (χ2n) is 12.3. The van der Waals surface area contributed by atoms with Crippen molar-refractivity contribution in [2.24, 2.45) is 33.7 Å². The van der Waals surface area contributed by atoms with Gasteiger partial charge in [0.2, 0.25) is 0 Å². The van der Waals surface area contributed by atoms with Gasteiger partial charge < -0.3 is 4.43 Å². The molecule has 37 heavy (non-hydrogen) atoms. The number of rotatable bonds is 9. The summed E-state index contributed by atoms with van der Waals surface area (Å²) in [6.07, 6.45) is 9.79. The van der Waals surface area contributed by atoms with Crippen molar-refractivity contribution < 1.29 is 15.3 Å². The SMILES string of the molecule is CC1CCCC(C)C1N=C(CCCO[Si](C)(C)C)C(=NC1C(C)CCCC1C)c1ccccc1.[Br][Ni][Br]. The molecule has 0 aromatic heterocycles. The van der Waals surface area contributed by atoms with Crippen LogP contribution in [0.1, 0.15) is 84.6 Å². The van der Waals surface area contributed by atoms with E-state index in [0.29, 0.717) is 35.8 Å². The van der Waals surface area contributed by atoms with E-state index in [4.69, 9.17) is 14.4 Å². The van der Waals surface area contributed by atoms with Gasteiger partial charge in [0.05, 0.1) is 23.5 Å². The van der Waals surface area contributed by atoms with E-state index in [1.54, 1.807) is 0 Å². The van der Waals surface area contributed by atoms with Crippen LogP contribution in [0.25, 0.3) is 0 Å².